The van der Waals surface area contributed by atoms with E-state index in [2.05, 4.69) is 41.5 Å². The van der Waals surface area contributed by atoms with Crippen molar-refractivity contribution in [3.8, 4) is 11.3 Å². The minimum Gasteiger partial charge on any atom is -0.346 e. The number of nitrogens with one attached hydrogen (secondary N) is 1. The fourth-order valence-electron chi connectivity index (χ4n) is 3.68. The van der Waals surface area contributed by atoms with Crippen LogP contribution in [0.5, 0.6) is 0 Å². The van der Waals surface area contributed by atoms with Gasteiger partial charge in [-0.2, -0.15) is 5.10 Å². The van der Waals surface area contributed by atoms with Crippen LogP contribution in [0.25, 0.3) is 22.3 Å². The maximum Gasteiger partial charge on any atom is 0.251 e. The number of hydrogen-bond donors (Lipinski definition) is 1. The first kappa shape index (κ1) is 23.5. The van der Waals surface area contributed by atoms with E-state index in [1.807, 2.05) is 24.3 Å². The van der Waals surface area contributed by atoms with E-state index < -0.39 is 9.84 Å². The highest BCUT2D eigenvalue weighted by atomic mass is 32.2. The Morgan fingerprint density at radius 1 is 1.00 bits per heavy atom. The van der Waals surface area contributed by atoms with Crippen molar-refractivity contribution in [3.63, 3.8) is 0 Å². The maximum absolute atomic E-state index is 12.6. The summed E-state index contributed by atoms with van der Waals surface area (Å²) < 4.78 is 23.9. The van der Waals surface area contributed by atoms with E-state index >= 15 is 0 Å². The normalized spacial score (nSPS) is 11.7. The van der Waals surface area contributed by atoms with Crippen LogP contribution in [0.1, 0.15) is 48.4 Å². The van der Waals surface area contributed by atoms with Crippen LogP contribution in [0.4, 0.5) is 0 Å². The average molecular weight is 477 g/mol. The van der Waals surface area contributed by atoms with Gasteiger partial charge < -0.3 is 5.32 Å². The fraction of sp³-hybridized carbons (Fsp3) is 0.231. The molecule has 0 unspecified atom stereocenters. The molecular formula is C26H28N4O3S. The number of sulfone groups is 1. The summed E-state index contributed by atoms with van der Waals surface area (Å²) in [4.78, 5) is 17.5. The summed E-state index contributed by atoms with van der Waals surface area (Å²) in [5.74, 6) is 0.0301. The molecule has 0 aliphatic heterocycles. The zero-order valence-electron chi connectivity index (χ0n) is 19.5. The zero-order valence-corrected chi connectivity index (χ0v) is 20.3. The van der Waals surface area contributed by atoms with Gasteiger partial charge in [-0.3, -0.25) is 4.79 Å². The molecule has 0 radical (unpaired) electrons. The Kier molecular flexibility index (Phi) is 6.43. The Balaban J connectivity index is 0.00000342. The van der Waals surface area contributed by atoms with Gasteiger partial charge in [-0.25, -0.2) is 13.4 Å². The molecule has 0 aliphatic carbocycles. The van der Waals surface area contributed by atoms with Crippen LogP contribution in [0, 0.1) is 6.92 Å². The standard InChI is InChI=1S/C26H26N4O3S.H2/c1-16(2)18-6-5-7-19(12-18)22-10-11-23-24(28-22)14-21(29-30-23)15-27-26(31)20-9-8-17(3)25(13-20)34(4,32)33;/h5-14,16H,15H2,1-4H3,(H,27,31);1H. The van der Waals surface area contributed by atoms with E-state index in [1.165, 1.54) is 11.6 Å². The van der Waals surface area contributed by atoms with Gasteiger partial charge in [0, 0.05) is 18.8 Å². The fourth-order valence-corrected chi connectivity index (χ4v) is 4.68. The number of benzene rings is 2. The number of rotatable bonds is 6. The van der Waals surface area contributed by atoms with Gasteiger partial charge in [0.05, 0.1) is 28.3 Å². The van der Waals surface area contributed by atoms with Crippen molar-refractivity contribution in [2.45, 2.75) is 38.1 Å². The lowest BCUT2D eigenvalue weighted by molar-refractivity contribution is 0.0950. The highest BCUT2D eigenvalue weighted by molar-refractivity contribution is 7.90. The lowest BCUT2D eigenvalue weighted by Crippen LogP contribution is -2.24. The van der Waals surface area contributed by atoms with Crippen LogP contribution in [-0.4, -0.2) is 35.8 Å². The number of aryl methyl sites for hydroxylation is 1. The van der Waals surface area contributed by atoms with Gasteiger partial charge in [0.2, 0.25) is 0 Å². The average Bonchev–Trinajstić information content (AvgIpc) is 2.81. The SMILES string of the molecule is Cc1ccc(C(=O)NCc2cc3nc(-c4cccc(C(C)C)c4)ccc3nn2)cc1S(C)(=O)=O.[HH]. The third kappa shape index (κ3) is 5.12. The molecule has 0 saturated heterocycles. The predicted octanol–water partition coefficient (Wildman–Crippen LogP) is 4.70. The molecule has 2 aromatic carbocycles. The number of aromatic nitrogens is 3. The van der Waals surface area contributed by atoms with Crippen LogP contribution in [0.3, 0.4) is 0 Å². The molecule has 34 heavy (non-hydrogen) atoms. The van der Waals surface area contributed by atoms with E-state index in [9.17, 15) is 13.2 Å². The van der Waals surface area contributed by atoms with Gasteiger partial charge in [0.15, 0.2) is 9.84 Å². The molecule has 8 heteroatoms. The molecule has 4 aromatic rings. The number of hydrogen-bond acceptors (Lipinski definition) is 6. The Labute approximate surface area is 200 Å². The Morgan fingerprint density at radius 3 is 2.53 bits per heavy atom. The molecule has 0 saturated carbocycles. The van der Waals surface area contributed by atoms with Gasteiger partial charge in [-0.15, -0.1) is 5.10 Å². The molecule has 2 heterocycles. The number of carbonyl (C=O) groups excluding carboxylic acids is 1. The first-order chi connectivity index (χ1) is 16.1. The predicted molar refractivity (Wildman–Crippen MR) is 134 cm³/mol. The first-order valence-corrected chi connectivity index (χ1v) is 12.8. The monoisotopic (exact) mass is 476 g/mol. The Bertz CT molecular complexity index is 1500. The van der Waals surface area contributed by atoms with Crippen molar-refractivity contribution in [1.29, 1.82) is 0 Å². The second-order valence-electron chi connectivity index (χ2n) is 8.65. The van der Waals surface area contributed by atoms with E-state index in [1.54, 1.807) is 25.1 Å². The van der Waals surface area contributed by atoms with Crippen LogP contribution in [0.2, 0.25) is 0 Å². The zero-order chi connectivity index (χ0) is 24.5. The molecule has 1 N–H and O–H groups in total. The number of fused-ring (bicyclic) bond motifs is 1. The lowest BCUT2D eigenvalue weighted by atomic mass is 9.99. The number of nitrogens with zero attached hydrogens (tertiary/aromatic N) is 3. The highest BCUT2D eigenvalue weighted by Crippen LogP contribution is 2.24. The van der Waals surface area contributed by atoms with Crippen molar-refractivity contribution in [2.75, 3.05) is 6.26 Å². The quantitative estimate of drug-likeness (QED) is 0.433. The largest absolute Gasteiger partial charge is 0.346 e. The topological polar surface area (TPSA) is 102 Å². The molecule has 0 bridgehead atoms. The molecule has 176 valence electrons. The molecule has 0 atom stereocenters. The summed E-state index contributed by atoms with van der Waals surface area (Å²) in [5.41, 5.74) is 5.87. The van der Waals surface area contributed by atoms with E-state index in [0.717, 1.165) is 17.5 Å². The van der Waals surface area contributed by atoms with Gasteiger partial charge in [0.25, 0.3) is 5.91 Å². The first-order valence-electron chi connectivity index (χ1n) is 10.9. The maximum atomic E-state index is 12.6. The van der Waals surface area contributed by atoms with Gasteiger partial charge in [-0.05, 0) is 60.4 Å². The summed E-state index contributed by atoms with van der Waals surface area (Å²) in [5, 5.41) is 11.2. The number of amides is 1. The Hall–Kier alpha value is -3.65. The molecule has 0 aliphatic rings. The van der Waals surface area contributed by atoms with Crippen molar-refractivity contribution in [3.05, 3.63) is 83.0 Å². The highest BCUT2D eigenvalue weighted by Gasteiger charge is 2.15. The van der Waals surface area contributed by atoms with Gasteiger partial charge in [0.1, 0.15) is 5.52 Å². The lowest BCUT2D eigenvalue weighted by Gasteiger charge is -2.09. The number of pyridine rings is 1. The summed E-state index contributed by atoms with van der Waals surface area (Å²) >= 11 is 0. The number of carbonyl (C=O) groups is 1. The molecule has 0 fully saturated rings. The van der Waals surface area contributed by atoms with E-state index in [4.69, 9.17) is 4.98 Å². The molecule has 0 spiro atoms. The summed E-state index contributed by atoms with van der Waals surface area (Å²) in [6.07, 6.45) is 1.13. The molecule has 2 aromatic heterocycles. The second-order valence-corrected chi connectivity index (χ2v) is 10.6. The molecule has 1 amide bonds. The Morgan fingerprint density at radius 2 is 1.79 bits per heavy atom. The van der Waals surface area contributed by atoms with Crippen LogP contribution < -0.4 is 5.32 Å². The van der Waals surface area contributed by atoms with Crippen molar-refractivity contribution >= 4 is 26.8 Å². The van der Waals surface area contributed by atoms with Crippen molar-refractivity contribution in [2.24, 2.45) is 0 Å². The third-order valence-electron chi connectivity index (χ3n) is 5.62. The smallest absolute Gasteiger partial charge is 0.251 e. The molecular weight excluding hydrogens is 448 g/mol. The minimum atomic E-state index is -3.43. The van der Waals surface area contributed by atoms with Crippen molar-refractivity contribution < 1.29 is 14.6 Å². The second kappa shape index (κ2) is 9.30. The summed E-state index contributed by atoms with van der Waals surface area (Å²) in [6, 6.07) is 18.5. The summed E-state index contributed by atoms with van der Waals surface area (Å²) in [7, 11) is -3.43. The van der Waals surface area contributed by atoms with Gasteiger partial charge >= 0.3 is 0 Å². The third-order valence-corrected chi connectivity index (χ3v) is 6.86. The van der Waals surface area contributed by atoms with Crippen LogP contribution in [-0.2, 0) is 16.4 Å². The van der Waals surface area contributed by atoms with Crippen molar-refractivity contribution in [1.82, 2.24) is 20.5 Å². The van der Waals surface area contributed by atoms with E-state index in [-0.39, 0.29) is 24.3 Å². The molecule has 7 nitrogen and oxygen atoms in total. The van der Waals surface area contributed by atoms with Crippen LogP contribution >= 0.6 is 0 Å². The molecule has 4 rings (SSSR count). The van der Waals surface area contributed by atoms with Crippen LogP contribution in [0.15, 0.2) is 65.6 Å². The summed E-state index contributed by atoms with van der Waals surface area (Å²) in [6.45, 7) is 6.14. The van der Waals surface area contributed by atoms with Gasteiger partial charge in [-0.1, -0.05) is 38.1 Å². The minimum absolute atomic E-state index is 0. The van der Waals surface area contributed by atoms with E-state index in [0.29, 0.717) is 28.2 Å².